The first kappa shape index (κ1) is 20.2. The minimum atomic E-state index is -0.681. The fraction of sp³-hybridized carbons (Fsp3) is 0.227. The van der Waals surface area contributed by atoms with Gasteiger partial charge in [0.2, 0.25) is 6.10 Å². The van der Waals surface area contributed by atoms with Crippen molar-refractivity contribution in [1.29, 1.82) is 0 Å². The molecule has 30 heavy (non-hydrogen) atoms. The zero-order valence-corrected chi connectivity index (χ0v) is 18.2. The lowest BCUT2D eigenvalue weighted by atomic mass is 10.0. The molecular formula is C22H21BrN4O3. The molecule has 0 spiro atoms. The summed E-state index contributed by atoms with van der Waals surface area (Å²) in [5.41, 5.74) is 3.71. The van der Waals surface area contributed by atoms with Gasteiger partial charge < -0.3 is 14.9 Å². The van der Waals surface area contributed by atoms with Crippen molar-refractivity contribution in [2.45, 2.75) is 26.0 Å². The van der Waals surface area contributed by atoms with E-state index in [1.807, 2.05) is 66.2 Å². The molecule has 8 heteroatoms. The van der Waals surface area contributed by atoms with E-state index in [4.69, 9.17) is 9.57 Å². The summed E-state index contributed by atoms with van der Waals surface area (Å²) in [7, 11) is 1.62. The molecule has 7 nitrogen and oxygen atoms in total. The van der Waals surface area contributed by atoms with Crippen molar-refractivity contribution in [2.24, 2.45) is 5.16 Å². The van der Waals surface area contributed by atoms with Crippen molar-refractivity contribution in [3.63, 3.8) is 0 Å². The second-order valence-electron chi connectivity index (χ2n) is 7.01. The van der Waals surface area contributed by atoms with Crippen LogP contribution in [0.4, 0.5) is 5.82 Å². The van der Waals surface area contributed by atoms with E-state index in [0.29, 0.717) is 18.8 Å². The zero-order valence-electron chi connectivity index (χ0n) is 16.6. The highest BCUT2D eigenvalue weighted by Crippen LogP contribution is 2.21. The third-order valence-corrected chi connectivity index (χ3v) is 5.39. The summed E-state index contributed by atoms with van der Waals surface area (Å²) in [6.45, 7) is 2.58. The molecule has 0 bridgehead atoms. The average molecular weight is 469 g/mol. The number of carbonyl (C=O) groups excluding carboxylic acids is 1. The van der Waals surface area contributed by atoms with Crippen LogP contribution in [0.25, 0.3) is 0 Å². The van der Waals surface area contributed by atoms with Crippen molar-refractivity contribution in [3.8, 4) is 5.75 Å². The summed E-state index contributed by atoms with van der Waals surface area (Å²) in [6, 6.07) is 17.4. The van der Waals surface area contributed by atoms with Crippen LogP contribution >= 0.6 is 15.9 Å². The number of hydrogen-bond acceptors (Lipinski definition) is 5. The van der Waals surface area contributed by atoms with E-state index in [1.165, 1.54) is 0 Å². The van der Waals surface area contributed by atoms with E-state index in [9.17, 15) is 4.79 Å². The fourth-order valence-corrected chi connectivity index (χ4v) is 3.44. The quantitative estimate of drug-likeness (QED) is 0.589. The van der Waals surface area contributed by atoms with E-state index < -0.39 is 6.10 Å². The van der Waals surface area contributed by atoms with E-state index >= 15 is 0 Å². The third-order valence-electron chi connectivity index (χ3n) is 4.86. The number of hydrogen-bond donors (Lipinski definition) is 1. The fourth-order valence-electron chi connectivity index (χ4n) is 3.17. The highest BCUT2D eigenvalue weighted by molar-refractivity contribution is 9.10. The van der Waals surface area contributed by atoms with Crippen LogP contribution in [0.15, 0.2) is 64.2 Å². The molecule has 1 aliphatic heterocycles. The van der Waals surface area contributed by atoms with Gasteiger partial charge in [0.1, 0.15) is 5.75 Å². The lowest BCUT2D eigenvalue weighted by molar-refractivity contribution is -0.125. The number of halogens is 1. The molecule has 0 saturated heterocycles. The van der Waals surface area contributed by atoms with Crippen LogP contribution in [0.1, 0.15) is 23.2 Å². The number of ether oxygens (including phenoxy) is 1. The number of methoxy groups -OCH3 is 1. The van der Waals surface area contributed by atoms with Crippen molar-refractivity contribution in [1.82, 2.24) is 9.78 Å². The van der Waals surface area contributed by atoms with Gasteiger partial charge in [0.05, 0.1) is 19.4 Å². The van der Waals surface area contributed by atoms with Gasteiger partial charge in [-0.3, -0.25) is 9.48 Å². The molecule has 1 aliphatic rings. The maximum absolute atomic E-state index is 12.6. The molecule has 0 saturated carbocycles. The second-order valence-corrected chi connectivity index (χ2v) is 7.92. The average Bonchev–Trinajstić information content (AvgIpc) is 3.37. The number of oxime groups is 1. The Bertz CT molecular complexity index is 1070. The minimum Gasteiger partial charge on any atom is -0.497 e. The Morgan fingerprint density at radius 3 is 2.67 bits per heavy atom. The lowest BCUT2D eigenvalue weighted by Crippen LogP contribution is -2.28. The third kappa shape index (κ3) is 4.54. The first-order valence-corrected chi connectivity index (χ1v) is 10.3. The zero-order chi connectivity index (χ0) is 21.1. The number of aromatic nitrogens is 2. The highest BCUT2D eigenvalue weighted by Gasteiger charge is 2.29. The largest absolute Gasteiger partial charge is 0.497 e. The second kappa shape index (κ2) is 8.71. The van der Waals surface area contributed by atoms with E-state index in [-0.39, 0.29) is 5.91 Å². The molecule has 4 rings (SSSR count). The number of rotatable bonds is 6. The molecule has 154 valence electrons. The summed E-state index contributed by atoms with van der Waals surface area (Å²) >= 11 is 3.44. The number of anilines is 1. The molecule has 1 unspecified atom stereocenters. The Labute approximate surface area is 182 Å². The molecule has 3 aromatic rings. The molecule has 1 atom stereocenters. The van der Waals surface area contributed by atoms with Gasteiger partial charge in [-0.05, 0) is 54.4 Å². The van der Waals surface area contributed by atoms with Gasteiger partial charge in [0.15, 0.2) is 5.82 Å². The molecule has 0 fully saturated rings. The number of carbonyl (C=O) groups is 1. The van der Waals surface area contributed by atoms with Gasteiger partial charge in [0.25, 0.3) is 5.91 Å². The van der Waals surface area contributed by atoms with Crippen LogP contribution in [-0.2, 0) is 16.2 Å². The number of aryl methyl sites for hydroxylation is 1. The Balaban J connectivity index is 1.37. The molecule has 0 radical (unpaired) electrons. The van der Waals surface area contributed by atoms with Gasteiger partial charge in [-0.1, -0.05) is 33.2 Å². The van der Waals surface area contributed by atoms with Crippen molar-refractivity contribution >= 4 is 33.4 Å². The van der Waals surface area contributed by atoms with Gasteiger partial charge in [0, 0.05) is 22.7 Å². The number of amides is 1. The Kier molecular flexibility index (Phi) is 5.85. The number of benzene rings is 2. The molecule has 2 aromatic carbocycles. The maximum Gasteiger partial charge on any atom is 0.269 e. The minimum absolute atomic E-state index is 0.268. The van der Waals surface area contributed by atoms with Crippen molar-refractivity contribution in [3.05, 3.63) is 75.9 Å². The summed E-state index contributed by atoms with van der Waals surface area (Å²) in [6.07, 6.45) is -0.282. The van der Waals surface area contributed by atoms with E-state index in [0.717, 1.165) is 32.8 Å². The van der Waals surface area contributed by atoms with Crippen LogP contribution in [0.2, 0.25) is 0 Å². The number of nitrogens with one attached hydrogen (secondary N) is 1. The van der Waals surface area contributed by atoms with Gasteiger partial charge in [-0.25, -0.2) is 0 Å². The first-order chi connectivity index (χ1) is 14.5. The molecule has 0 aliphatic carbocycles. The molecular weight excluding hydrogens is 448 g/mol. The molecule has 1 N–H and O–H groups in total. The summed E-state index contributed by atoms with van der Waals surface area (Å²) < 4.78 is 8.05. The van der Waals surface area contributed by atoms with Crippen LogP contribution in [-0.4, -0.2) is 34.6 Å². The lowest BCUT2D eigenvalue weighted by Gasteiger charge is -2.08. The van der Waals surface area contributed by atoms with Crippen molar-refractivity contribution in [2.75, 3.05) is 12.4 Å². The summed E-state index contributed by atoms with van der Waals surface area (Å²) in [5.74, 6) is 0.994. The Hall–Kier alpha value is -3.13. The van der Waals surface area contributed by atoms with Crippen LogP contribution in [0.3, 0.4) is 0 Å². The molecule has 1 aromatic heterocycles. The Morgan fingerprint density at radius 2 is 1.97 bits per heavy atom. The smallest absolute Gasteiger partial charge is 0.269 e. The highest BCUT2D eigenvalue weighted by atomic mass is 79.9. The SMILES string of the molecule is COc1ccc(C2=NOC(C(=O)Nc3cc(C)n(Cc4ccc(Br)cc4)n3)C2)cc1. The van der Waals surface area contributed by atoms with Gasteiger partial charge in [-0.15, -0.1) is 0 Å². The summed E-state index contributed by atoms with van der Waals surface area (Å²) in [4.78, 5) is 18.0. The van der Waals surface area contributed by atoms with E-state index in [1.54, 1.807) is 7.11 Å². The summed E-state index contributed by atoms with van der Waals surface area (Å²) in [5, 5.41) is 11.4. The standard InChI is InChI=1S/C22H21BrN4O3/c1-14-11-21(25-27(14)13-15-3-7-17(23)8-4-15)24-22(28)20-12-19(26-30-20)16-5-9-18(29-2)10-6-16/h3-11,20H,12-13H2,1-2H3,(H,24,25,28). The van der Waals surface area contributed by atoms with Gasteiger partial charge >= 0.3 is 0 Å². The maximum atomic E-state index is 12.6. The predicted octanol–water partition coefficient (Wildman–Crippen LogP) is 4.14. The van der Waals surface area contributed by atoms with E-state index in [2.05, 4.69) is 31.5 Å². The number of nitrogens with zero attached hydrogens (tertiary/aromatic N) is 3. The van der Waals surface area contributed by atoms with Crippen LogP contribution in [0.5, 0.6) is 5.75 Å². The predicted molar refractivity (Wildman–Crippen MR) is 118 cm³/mol. The van der Waals surface area contributed by atoms with Crippen LogP contribution in [0, 0.1) is 6.92 Å². The molecule has 2 heterocycles. The van der Waals surface area contributed by atoms with Gasteiger partial charge in [-0.2, -0.15) is 5.10 Å². The normalized spacial score (nSPS) is 15.4. The topological polar surface area (TPSA) is 77.7 Å². The first-order valence-electron chi connectivity index (χ1n) is 9.48. The molecule has 1 amide bonds. The Morgan fingerprint density at radius 1 is 1.23 bits per heavy atom. The monoisotopic (exact) mass is 468 g/mol. The van der Waals surface area contributed by atoms with Crippen LogP contribution < -0.4 is 10.1 Å². The van der Waals surface area contributed by atoms with Crippen molar-refractivity contribution < 1.29 is 14.4 Å².